The third-order valence-electron chi connectivity index (χ3n) is 4.15. The lowest BCUT2D eigenvalue weighted by Gasteiger charge is -2.18. The summed E-state index contributed by atoms with van der Waals surface area (Å²) in [4.78, 5) is 0.311. The Morgan fingerprint density at radius 2 is 1.91 bits per heavy atom. The first-order valence-electron chi connectivity index (χ1n) is 7.50. The molecule has 0 aliphatic heterocycles. The van der Waals surface area contributed by atoms with Crippen LogP contribution in [0.4, 0.5) is 0 Å². The minimum atomic E-state index is -3.53. The smallest absolute Gasteiger partial charge is 0.243 e. The van der Waals surface area contributed by atoms with Crippen LogP contribution < -0.4 is 0 Å². The van der Waals surface area contributed by atoms with Crippen molar-refractivity contribution in [3.63, 3.8) is 0 Å². The number of hydrogen-bond donors (Lipinski definition) is 0. The van der Waals surface area contributed by atoms with Crippen LogP contribution in [0.1, 0.15) is 37.4 Å². The summed E-state index contributed by atoms with van der Waals surface area (Å²) in [7, 11) is -0.153. The molecule has 0 spiro atoms. The molecule has 1 aromatic heterocycles. The average Bonchev–Trinajstić information content (AvgIpc) is 2.86. The standard InChI is InChI=1S/C16H22BrN3O2S/c1-5-12(2)13-6-8-14(9-7-13)23(21,22)19(3)11-16-15(17)10-18-20(16)4/h6-10,12H,5,11H2,1-4H3. The summed E-state index contributed by atoms with van der Waals surface area (Å²) in [5.41, 5.74) is 1.97. The third kappa shape index (κ3) is 3.84. The lowest BCUT2D eigenvalue weighted by Crippen LogP contribution is -2.27. The van der Waals surface area contributed by atoms with Gasteiger partial charge in [-0.1, -0.05) is 26.0 Å². The Kier molecular flexibility index (Phi) is 5.65. The summed E-state index contributed by atoms with van der Waals surface area (Å²) in [5, 5.41) is 4.11. The summed E-state index contributed by atoms with van der Waals surface area (Å²) in [5.74, 6) is 0.426. The monoisotopic (exact) mass is 399 g/mol. The maximum atomic E-state index is 12.7. The van der Waals surface area contributed by atoms with Gasteiger partial charge in [0, 0.05) is 14.1 Å². The van der Waals surface area contributed by atoms with E-state index in [-0.39, 0.29) is 6.54 Å². The van der Waals surface area contributed by atoms with Crippen LogP contribution in [0, 0.1) is 0 Å². The highest BCUT2D eigenvalue weighted by Gasteiger charge is 2.23. The zero-order valence-corrected chi connectivity index (χ0v) is 16.2. The second-order valence-electron chi connectivity index (χ2n) is 5.70. The number of aryl methyl sites for hydroxylation is 1. The molecule has 2 aromatic rings. The van der Waals surface area contributed by atoms with E-state index in [1.165, 1.54) is 4.31 Å². The lowest BCUT2D eigenvalue weighted by atomic mass is 9.99. The Balaban J connectivity index is 2.23. The summed E-state index contributed by atoms with van der Waals surface area (Å²) in [6.07, 6.45) is 2.69. The van der Waals surface area contributed by atoms with Gasteiger partial charge in [-0.3, -0.25) is 4.68 Å². The van der Waals surface area contributed by atoms with Crippen molar-refractivity contribution in [1.29, 1.82) is 0 Å². The molecule has 1 aromatic carbocycles. The number of sulfonamides is 1. The van der Waals surface area contributed by atoms with Crippen molar-refractivity contribution >= 4 is 26.0 Å². The largest absolute Gasteiger partial charge is 0.270 e. The molecular formula is C16H22BrN3O2S. The first-order chi connectivity index (χ1) is 10.8. The molecule has 0 N–H and O–H groups in total. The zero-order chi connectivity index (χ0) is 17.2. The van der Waals surface area contributed by atoms with Crippen molar-refractivity contribution in [1.82, 2.24) is 14.1 Å². The Morgan fingerprint density at radius 3 is 2.39 bits per heavy atom. The molecular weight excluding hydrogens is 378 g/mol. The van der Waals surface area contributed by atoms with Crippen molar-refractivity contribution < 1.29 is 8.42 Å². The molecule has 0 bridgehead atoms. The number of rotatable bonds is 6. The van der Waals surface area contributed by atoms with Gasteiger partial charge in [0.05, 0.1) is 27.8 Å². The van der Waals surface area contributed by atoms with Gasteiger partial charge >= 0.3 is 0 Å². The predicted molar refractivity (Wildman–Crippen MR) is 94.7 cm³/mol. The normalized spacial score (nSPS) is 13.5. The molecule has 126 valence electrons. The summed E-state index contributed by atoms with van der Waals surface area (Å²) >= 11 is 3.40. The fourth-order valence-electron chi connectivity index (χ4n) is 2.29. The van der Waals surface area contributed by atoms with Crippen molar-refractivity contribution in [3.8, 4) is 0 Å². The molecule has 1 heterocycles. The lowest BCUT2D eigenvalue weighted by molar-refractivity contribution is 0.452. The molecule has 2 rings (SSSR count). The van der Waals surface area contributed by atoms with E-state index in [1.807, 2.05) is 12.1 Å². The van der Waals surface area contributed by atoms with Gasteiger partial charge in [0.25, 0.3) is 0 Å². The van der Waals surface area contributed by atoms with Crippen LogP contribution in [-0.2, 0) is 23.6 Å². The first-order valence-corrected chi connectivity index (χ1v) is 9.73. The highest BCUT2D eigenvalue weighted by molar-refractivity contribution is 9.10. The van der Waals surface area contributed by atoms with Gasteiger partial charge < -0.3 is 0 Å². The van der Waals surface area contributed by atoms with Gasteiger partial charge in [0.1, 0.15) is 0 Å². The molecule has 0 saturated heterocycles. The molecule has 0 fully saturated rings. The number of hydrogen-bond acceptors (Lipinski definition) is 3. The molecule has 7 heteroatoms. The second kappa shape index (κ2) is 7.15. The number of benzene rings is 1. The van der Waals surface area contributed by atoms with Gasteiger partial charge in [0.2, 0.25) is 10.0 Å². The fourth-order valence-corrected chi connectivity index (χ4v) is 3.90. The van der Waals surface area contributed by atoms with Crippen molar-refractivity contribution in [2.45, 2.75) is 37.6 Å². The van der Waals surface area contributed by atoms with Crippen LogP contribution in [0.5, 0.6) is 0 Å². The van der Waals surface area contributed by atoms with Crippen LogP contribution in [0.3, 0.4) is 0 Å². The minimum absolute atomic E-state index is 0.256. The topological polar surface area (TPSA) is 55.2 Å². The summed E-state index contributed by atoms with van der Waals surface area (Å²) in [6, 6.07) is 7.17. The maximum Gasteiger partial charge on any atom is 0.243 e. The molecule has 23 heavy (non-hydrogen) atoms. The first kappa shape index (κ1) is 18.2. The summed E-state index contributed by atoms with van der Waals surface area (Å²) in [6.45, 7) is 4.51. The molecule has 0 amide bonds. The van der Waals surface area contributed by atoms with E-state index in [2.05, 4.69) is 34.9 Å². The Morgan fingerprint density at radius 1 is 1.30 bits per heavy atom. The second-order valence-corrected chi connectivity index (χ2v) is 8.60. The quantitative estimate of drug-likeness (QED) is 0.746. The van der Waals surface area contributed by atoms with Gasteiger partial charge in [-0.2, -0.15) is 9.40 Å². The van der Waals surface area contributed by atoms with E-state index < -0.39 is 10.0 Å². The maximum absolute atomic E-state index is 12.7. The average molecular weight is 400 g/mol. The van der Waals surface area contributed by atoms with Gasteiger partial charge in [0.15, 0.2) is 0 Å². The molecule has 0 aliphatic carbocycles. The molecule has 1 unspecified atom stereocenters. The fraction of sp³-hybridized carbons (Fsp3) is 0.438. The van der Waals surface area contributed by atoms with E-state index in [4.69, 9.17) is 0 Å². The Labute approximate surface area is 146 Å². The van der Waals surface area contributed by atoms with E-state index >= 15 is 0 Å². The van der Waals surface area contributed by atoms with Gasteiger partial charge in [-0.25, -0.2) is 8.42 Å². The highest BCUT2D eigenvalue weighted by Crippen LogP contribution is 2.24. The minimum Gasteiger partial charge on any atom is -0.270 e. The zero-order valence-electron chi connectivity index (χ0n) is 13.8. The van der Waals surface area contributed by atoms with Crippen LogP contribution >= 0.6 is 15.9 Å². The van der Waals surface area contributed by atoms with Crippen LogP contribution in [0.2, 0.25) is 0 Å². The number of halogens is 1. The van der Waals surface area contributed by atoms with Crippen molar-refractivity contribution in [2.75, 3.05) is 7.05 Å². The van der Waals surface area contributed by atoms with Crippen molar-refractivity contribution in [2.24, 2.45) is 7.05 Å². The Hall–Kier alpha value is -1.18. The van der Waals surface area contributed by atoms with Crippen molar-refractivity contribution in [3.05, 3.63) is 46.2 Å². The molecule has 5 nitrogen and oxygen atoms in total. The van der Waals surface area contributed by atoms with E-state index in [0.29, 0.717) is 10.8 Å². The third-order valence-corrected chi connectivity index (χ3v) is 6.63. The summed E-state index contributed by atoms with van der Waals surface area (Å²) < 4.78 is 29.2. The SMILES string of the molecule is CCC(C)c1ccc(S(=O)(=O)N(C)Cc2c(Br)cnn2C)cc1. The Bertz CT molecular complexity index is 750. The van der Waals surface area contributed by atoms with E-state index in [9.17, 15) is 8.42 Å². The molecule has 0 aliphatic rings. The van der Waals surface area contributed by atoms with E-state index in [0.717, 1.165) is 22.2 Å². The highest BCUT2D eigenvalue weighted by atomic mass is 79.9. The van der Waals surface area contributed by atoms with Crippen LogP contribution in [-0.4, -0.2) is 29.6 Å². The van der Waals surface area contributed by atoms with Crippen LogP contribution in [0.15, 0.2) is 39.8 Å². The van der Waals surface area contributed by atoms with Gasteiger partial charge in [-0.15, -0.1) is 0 Å². The van der Waals surface area contributed by atoms with Crippen LogP contribution in [0.25, 0.3) is 0 Å². The number of aromatic nitrogens is 2. The number of nitrogens with zero attached hydrogens (tertiary/aromatic N) is 3. The molecule has 1 atom stereocenters. The molecule has 0 radical (unpaired) electrons. The molecule has 0 saturated carbocycles. The van der Waals surface area contributed by atoms with Gasteiger partial charge in [-0.05, 0) is 46.0 Å². The van der Waals surface area contributed by atoms with E-state index in [1.54, 1.807) is 37.1 Å². The predicted octanol–water partition coefficient (Wildman–Crippen LogP) is 3.52.